The number of ether oxygens (including phenoxy) is 1. The zero-order valence-corrected chi connectivity index (χ0v) is 12.4. The Morgan fingerprint density at radius 3 is 2.68 bits per heavy atom. The number of carbonyl (C=O) groups excluding carboxylic acids is 1. The minimum atomic E-state index is -0.0346. The number of rotatable bonds is 3. The SMILES string of the molecule is COc1ccc2c(N)c(C(=O)N(C)C(C)C)sc2c1. The second-order valence-electron chi connectivity index (χ2n) is 4.72. The summed E-state index contributed by atoms with van der Waals surface area (Å²) < 4.78 is 6.16. The topological polar surface area (TPSA) is 55.6 Å². The van der Waals surface area contributed by atoms with Crippen LogP contribution in [0.25, 0.3) is 10.1 Å². The van der Waals surface area contributed by atoms with E-state index in [1.165, 1.54) is 11.3 Å². The van der Waals surface area contributed by atoms with Crippen molar-refractivity contribution in [2.45, 2.75) is 19.9 Å². The van der Waals surface area contributed by atoms with Crippen LogP contribution in [0, 0.1) is 0 Å². The van der Waals surface area contributed by atoms with Crippen LogP contribution in [-0.2, 0) is 0 Å². The Hall–Kier alpha value is -1.75. The highest BCUT2D eigenvalue weighted by Crippen LogP contribution is 2.36. The highest BCUT2D eigenvalue weighted by atomic mass is 32.1. The van der Waals surface area contributed by atoms with Gasteiger partial charge in [0.2, 0.25) is 0 Å². The molecule has 0 fully saturated rings. The normalized spacial score (nSPS) is 11.0. The van der Waals surface area contributed by atoms with Crippen LogP contribution in [0.1, 0.15) is 23.5 Å². The van der Waals surface area contributed by atoms with Gasteiger partial charge in [-0.05, 0) is 32.0 Å². The summed E-state index contributed by atoms with van der Waals surface area (Å²) in [5, 5.41) is 0.909. The number of nitrogen functional groups attached to an aromatic ring is 1. The number of hydrogen-bond acceptors (Lipinski definition) is 4. The number of nitrogens with zero attached hydrogens (tertiary/aromatic N) is 1. The average Bonchev–Trinajstić information content (AvgIpc) is 2.73. The van der Waals surface area contributed by atoms with Gasteiger partial charge in [0.25, 0.3) is 5.91 Å². The van der Waals surface area contributed by atoms with E-state index in [4.69, 9.17) is 10.5 Å². The van der Waals surface area contributed by atoms with E-state index in [9.17, 15) is 4.79 Å². The van der Waals surface area contributed by atoms with Crippen molar-refractivity contribution < 1.29 is 9.53 Å². The number of carbonyl (C=O) groups is 1. The minimum absolute atomic E-state index is 0.0346. The molecule has 19 heavy (non-hydrogen) atoms. The molecule has 2 rings (SSSR count). The molecule has 0 spiro atoms. The summed E-state index contributed by atoms with van der Waals surface area (Å²) in [7, 11) is 3.41. The first-order valence-corrected chi connectivity index (χ1v) is 6.90. The van der Waals surface area contributed by atoms with E-state index >= 15 is 0 Å². The van der Waals surface area contributed by atoms with E-state index in [-0.39, 0.29) is 11.9 Å². The first-order valence-electron chi connectivity index (χ1n) is 6.09. The lowest BCUT2D eigenvalue weighted by molar-refractivity contribution is 0.0761. The van der Waals surface area contributed by atoms with Crippen LogP contribution < -0.4 is 10.5 Å². The van der Waals surface area contributed by atoms with Crippen molar-refractivity contribution in [3.05, 3.63) is 23.1 Å². The molecule has 1 heterocycles. The molecule has 0 radical (unpaired) electrons. The highest BCUT2D eigenvalue weighted by molar-refractivity contribution is 7.21. The van der Waals surface area contributed by atoms with E-state index < -0.39 is 0 Å². The fraction of sp³-hybridized carbons (Fsp3) is 0.357. The fourth-order valence-corrected chi connectivity index (χ4v) is 2.91. The largest absolute Gasteiger partial charge is 0.497 e. The monoisotopic (exact) mass is 278 g/mol. The van der Waals surface area contributed by atoms with Gasteiger partial charge in [-0.2, -0.15) is 0 Å². The Labute approximate surface area is 116 Å². The average molecular weight is 278 g/mol. The molecule has 1 aromatic carbocycles. The third-order valence-electron chi connectivity index (χ3n) is 3.22. The molecule has 0 unspecified atom stereocenters. The molecule has 0 saturated carbocycles. The number of benzene rings is 1. The predicted octanol–water partition coefficient (Wildman–Crippen LogP) is 2.97. The van der Waals surface area contributed by atoms with Crippen LogP contribution in [0.5, 0.6) is 5.75 Å². The third-order valence-corrected chi connectivity index (χ3v) is 4.38. The van der Waals surface area contributed by atoms with Crippen molar-refractivity contribution >= 4 is 33.0 Å². The Bertz CT molecular complexity index is 619. The van der Waals surface area contributed by atoms with Crippen molar-refractivity contribution in [1.82, 2.24) is 4.90 Å². The summed E-state index contributed by atoms with van der Waals surface area (Å²) in [6, 6.07) is 5.80. The van der Waals surface area contributed by atoms with Gasteiger partial charge in [0.1, 0.15) is 10.6 Å². The number of thiophene rings is 1. The number of fused-ring (bicyclic) bond motifs is 1. The van der Waals surface area contributed by atoms with Gasteiger partial charge in [-0.1, -0.05) is 0 Å². The molecular weight excluding hydrogens is 260 g/mol. The van der Waals surface area contributed by atoms with Crippen LogP contribution in [0.15, 0.2) is 18.2 Å². The first-order chi connectivity index (χ1) is 8.95. The number of methoxy groups -OCH3 is 1. The van der Waals surface area contributed by atoms with Crippen LogP contribution in [0.4, 0.5) is 5.69 Å². The van der Waals surface area contributed by atoms with Crippen molar-refractivity contribution in [1.29, 1.82) is 0 Å². The summed E-state index contributed by atoms with van der Waals surface area (Å²) >= 11 is 1.41. The Morgan fingerprint density at radius 2 is 2.11 bits per heavy atom. The highest BCUT2D eigenvalue weighted by Gasteiger charge is 2.21. The smallest absolute Gasteiger partial charge is 0.266 e. The van der Waals surface area contributed by atoms with Crippen LogP contribution >= 0.6 is 11.3 Å². The lowest BCUT2D eigenvalue weighted by Crippen LogP contribution is -2.32. The fourth-order valence-electron chi connectivity index (χ4n) is 1.78. The standard InChI is InChI=1S/C14H18N2O2S/c1-8(2)16(3)14(17)13-12(15)10-6-5-9(18-4)7-11(10)19-13/h5-8H,15H2,1-4H3. The molecule has 2 aromatic rings. The first kappa shape index (κ1) is 13.7. The Morgan fingerprint density at radius 1 is 1.42 bits per heavy atom. The Balaban J connectivity index is 2.50. The van der Waals surface area contributed by atoms with Crippen LogP contribution in [0.3, 0.4) is 0 Å². The lowest BCUT2D eigenvalue weighted by Gasteiger charge is -2.20. The minimum Gasteiger partial charge on any atom is -0.497 e. The van der Waals surface area contributed by atoms with Gasteiger partial charge in [-0.25, -0.2) is 0 Å². The number of anilines is 1. The number of nitrogens with two attached hydrogens (primary N) is 1. The van der Waals surface area contributed by atoms with Gasteiger partial charge in [-0.3, -0.25) is 4.79 Å². The second-order valence-corrected chi connectivity index (χ2v) is 5.77. The maximum absolute atomic E-state index is 12.4. The molecule has 1 amide bonds. The summed E-state index contributed by atoms with van der Waals surface area (Å²) in [6.45, 7) is 3.95. The summed E-state index contributed by atoms with van der Waals surface area (Å²) in [5.41, 5.74) is 6.65. The maximum Gasteiger partial charge on any atom is 0.266 e. The molecule has 0 bridgehead atoms. The van der Waals surface area contributed by atoms with Crippen LogP contribution in [0.2, 0.25) is 0 Å². The van der Waals surface area contributed by atoms with E-state index in [0.717, 1.165) is 15.8 Å². The molecule has 0 aliphatic carbocycles. The maximum atomic E-state index is 12.4. The zero-order chi connectivity index (χ0) is 14.2. The Kier molecular flexibility index (Phi) is 3.66. The molecule has 0 aliphatic rings. The van der Waals surface area contributed by atoms with E-state index in [1.54, 1.807) is 19.1 Å². The zero-order valence-electron chi connectivity index (χ0n) is 11.6. The summed E-state index contributed by atoms with van der Waals surface area (Å²) in [6.07, 6.45) is 0. The molecule has 102 valence electrons. The molecule has 5 heteroatoms. The third kappa shape index (κ3) is 2.38. The van der Waals surface area contributed by atoms with Crippen molar-refractivity contribution in [2.24, 2.45) is 0 Å². The number of amides is 1. The lowest BCUT2D eigenvalue weighted by atomic mass is 10.2. The van der Waals surface area contributed by atoms with Crippen LogP contribution in [-0.4, -0.2) is 31.0 Å². The number of hydrogen-bond donors (Lipinski definition) is 1. The molecule has 1 aromatic heterocycles. The van der Waals surface area contributed by atoms with Crippen molar-refractivity contribution in [3.63, 3.8) is 0 Å². The van der Waals surface area contributed by atoms with Gasteiger partial charge in [0, 0.05) is 23.2 Å². The van der Waals surface area contributed by atoms with Gasteiger partial charge in [0.05, 0.1) is 12.8 Å². The second kappa shape index (κ2) is 5.09. The summed E-state index contributed by atoms with van der Waals surface area (Å²) in [5.74, 6) is 0.734. The van der Waals surface area contributed by atoms with Gasteiger partial charge in [0.15, 0.2) is 0 Å². The molecule has 0 aliphatic heterocycles. The van der Waals surface area contributed by atoms with E-state index in [1.807, 2.05) is 32.0 Å². The van der Waals surface area contributed by atoms with E-state index in [2.05, 4.69) is 0 Å². The molecule has 0 atom stereocenters. The molecule has 4 nitrogen and oxygen atoms in total. The van der Waals surface area contributed by atoms with Gasteiger partial charge >= 0.3 is 0 Å². The summed E-state index contributed by atoms with van der Waals surface area (Å²) in [4.78, 5) is 14.6. The van der Waals surface area contributed by atoms with E-state index in [0.29, 0.717) is 10.6 Å². The molecule has 0 saturated heterocycles. The van der Waals surface area contributed by atoms with Crippen molar-refractivity contribution in [3.8, 4) is 5.75 Å². The van der Waals surface area contributed by atoms with Gasteiger partial charge in [-0.15, -0.1) is 11.3 Å². The predicted molar refractivity (Wildman–Crippen MR) is 80.0 cm³/mol. The quantitative estimate of drug-likeness (QED) is 0.939. The molecular formula is C14H18N2O2S. The molecule has 2 N–H and O–H groups in total. The van der Waals surface area contributed by atoms with Gasteiger partial charge < -0.3 is 15.4 Å². The van der Waals surface area contributed by atoms with Crippen molar-refractivity contribution in [2.75, 3.05) is 19.9 Å².